The summed E-state index contributed by atoms with van der Waals surface area (Å²) in [7, 11) is 0. The molecule has 2 heteroatoms. The van der Waals surface area contributed by atoms with Crippen molar-refractivity contribution < 1.29 is 0 Å². The van der Waals surface area contributed by atoms with Gasteiger partial charge in [-0.1, -0.05) is 98.0 Å². The molecule has 0 aliphatic carbocycles. The topological polar surface area (TPSA) is 0 Å². The molecule has 186 valence electrons. The third-order valence-corrected chi connectivity index (χ3v) is 10.7. The maximum atomic E-state index is 4.92. The zero-order chi connectivity index (χ0) is 23.8. The summed E-state index contributed by atoms with van der Waals surface area (Å²) in [6, 6.07) is 0. The molecule has 0 bridgehead atoms. The normalized spacial score (nSPS) is 11.6. The molecule has 0 fully saturated rings. The summed E-state index contributed by atoms with van der Waals surface area (Å²) in [6.45, 7) is 17.9. The van der Waals surface area contributed by atoms with E-state index < -0.39 is 0 Å². The van der Waals surface area contributed by atoms with Gasteiger partial charge in [0.2, 0.25) is 0 Å². The molecule has 0 aromatic rings. The molecule has 0 aliphatic rings. The van der Waals surface area contributed by atoms with Gasteiger partial charge in [0.25, 0.3) is 0 Å². The molecule has 0 aromatic heterocycles. The predicted octanol–water partition coefficient (Wildman–Crippen LogP) is 11.0. The first-order valence-electron chi connectivity index (χ1n) is 13.9. The average Bonchev–Trinajstić information content (AvgIpc) is 2.73. The third kappa shape index (κ3) is 28.9. The van der Waals surface area contributed by atoms with E-state index in [1.165, 1.54) is 103 Å². The summed E-state index contributed by atoms with van der Waals surface area (Å²) in [5, 5.41) is 0. The average molecular weight is 560 g/mol. The molecule has 0 atom stereocenters. The van der Waals surface area contributed by atoms with Crippen LogP contribution < -0.4 is 0 Å². The molecule has 0 aliphatic heterocycles. The van der Waals surface area contributed by atoms with Gasteiger partial charge in [0.15, 0.2) is 0 Å². The van der Waals surface area contributed by atoms with Crippen LogP contribution >= 0.6 is 12.6 Å². The van der Waals surface area contributed by atoms with Gasteiger partial charge >= 0.3 is 69.5 Å². The second-order valence-electron chi connectivity index (χ2n) is 10.5. The van der Waals surface area contributed by atoms with E-state index in [0.29, 0.717) is 0 Å². The Morgan fingerprint density at radius 3 is 1.39 bits per heavy atom. The van der Waals surface area contributed by atoms with E-state index in [0.717, 1.165) is 11.8 Å². The molecule has 0 heterocycles. The summed E-state index contributed by atoms with van der Waals surface area (Å²) < 4.78 is 3.33. The number of hydrogen-bond donors (Lipinski definition) is 1. The van der Waals surface area contributed by atoms with Crippen LogP contribution in [-0.2, 0) is 0 Å². The van der Waals surface area contributed by atoms with E-state index in [4.69, 9.17) is 12.6 Å². The summed E-state index contributed by atoms with van der Waals surface area (Å²) >= 11 is 5.07. The van der Waals surface area contributed by atoms with Crippen molar-refractivity contribution >= 4 is 33.8 Å². The predicted molar refractivity (Wildman–Crippen MR) is 152 cm³/mol. The van der Waals surface area contributed by atoms with Gasteiger partial charge in [0, 0.05) is 4.75 Å². The Balaban J connectivity index is 0. The van der Waals surface area contributed by atoms with Crippen molar-refractivity contribution in [1.82, 2.24) is 0 Å². The maximum absolute atomic E-state index is 4.92. The van der Waals surface area contributed by atoms with Gasteiger partial charge in [0.05, 0.1) is 0 Å². The molecule has 31 heavy (non-hydrogen) atoms. The molecule has 0 nitrogen and oxygen atoms in total. The van der Waals surface area contributed by atoms with Crippen LogP contribution in [0.5, 0.6) is 0 Å². The van der Waals surface area contributed by atoms with Crippen molar-refractivity contribution in [3.05, 3.63) is 12.7 Å². The van der Waals surface area contributed by atoms with Crippen LogP contribution in [0.4, 0.5) is 0 Å². The molecule has 0 rings (SSSR count). The second-order valence-corrected chi connectivity index (χ2v) is 15.6. The summed E-state index contributed by atoms with van der Waals surface area (Å²) in [6.07, 6.45) is 24.0. The Morgan fingerprint density at radius 2 is 1.06 bits per heavy atom. The molecule has 0 saturated heterocycles. The SMILES string of the molecule is C=CC(S)(CCCCCCC(C)C)CCCCCCC(C)C.CCC[CH2][Sn][CH2]CCC. The third-order valence-electron chi connectivity index (χ3n) is 6.08. The zero-order valence-electron chi connectivity index (χ0n) is 22.6. The molecule has 0 saturated carbocycles. The molecule has 0 spiro atoms. The van der Waals surface area contributed by atoms with Crippen LogP contribution in [0.2, 0.25) is 8.87 Å². The first kappa shape index (κ1) is 34.1. The Bertz CT molecular complexity index is 325. The molecule has 0 unspecified atom stereocenters. The van der Waals surface area contributed by atoms with Crippen LogP contribution in [-0.4, -0.2) is 25.9 Å². The Labute approximate surface area is 215 Å². The van der Waals surface area contributed by atoms with Crippen molar-refractivity contribution in [3.8, 4) is 0 Å². The number of unbranched alkanes of at least 4 members (excludes halogenated alkanes) is 8. The minimum atomic E-state index is 0.0795. The van der Waals surface area contributed by atoms with Gasteiger partial charge in [0.1, 0.15) is 0 Å². The van der Waals surface area contributed by atoms with E-state index in [1.54, 1.807) is 8.87 Å². The quantitative estimate of drug-likeness (QED) is 0.0615. The van der Waals surface area contributed by atoms with Crippen molar-refractivity contribution in [2.45, 2.75) is 158 Å². The van der Waals surface area contributed by atoms with Crippen LogP contribution in [0.25, 0.3) is 0 Å². The van der Waals surface area contributed by atoms with Gasteiger partial charge in [-0.25, -0.2) is 0 Å². The molecular formula is C29H60SSn. The van der Waals surface area contributed by atoms with Gasteiger partial charge in [-0.2, -0.15) is 12.6 Å². The van der Waals surface area contributed by atoms with Gasteiger partial charge in [-0.3, -0.25) is 0 Å². The van der Waals surface area contributed by atoms with Gasteiger partial charge in [-0.05, 0) is 24.7 Å². The first-order chi connectivity index (χ1) is 14.8. The minimum absolute atomic E-state index is 0.0795. The molecule has 0 amide bonds. The fourth-order valence-corrected chi connectivity index (χ4v) is 8.21. The Morgan fingerprint density at radius 1 is 0.677 bits per heavy atom. The molecular weight excluding hydrogens is 499 g/mol. The Kier molecular flexibility index (Phi) is 28.0. The Hall–Kier alpha value is 0.889. The second kappa shape index (κ2) is 25.5. The number of rotatable bonds is 21. The van der Waals surface area contributed by atoms with Crippen LogP contribution in [0.1, 0.15) is 144 Å². The fraction of sp³-hybridized carbons (Fsp3) is 0.931. The van der Waals surface area contributed by atoms with E-state index in [2.05, 4.69) is 54.2 Å². The van der Waals surface area contributed by atoms with E-state index in [1.807, 2.05) is 0 Å². The standard InChI is InChI=1S/C21H42S.2C4H9.Sn/c1-6-21(22,17-13-9-7-11-15-19(2)3)18-14-10-8-12-16-20(4)5;2*1-3-4-2;/h6,19-20,22H,1,7-18H2,2-5H3;2*1,3-4H2,2H3;. The van der Waals surface area contributed by atoms with Crippen LogP contribution in [0, 0.1) is 11.8 Å². The summed E-state index contributed by atoms with van der Waals surface area (Å²) in [5.41, 5.74) is 0. The zero-order valence-corrected chi connectivity index (χ0v) is 26.4. The number of thiol groups is 1. The molecule has 0 aromatic carbocycles. The van der Waals surface area contributed by atoms with E-state index >= 15 is 0 Å². The first-order valence-corrected chi connectivity index (χ1v) is 18.4. The summed E-state index contributed by atoms with van der Waals surface area (Å²) in [5.74, 6) is 1.71. The van der Waals surface area contributed by atoms with Crippen molar-refractivity contribution in [3.63, 3.8) is 0 Å². The summed E-state index contributed by atoms with van der Waals surface area (Å²) in [4.78, 5) is 0. The van der Waals surface area contributed by atoms with Crippen LogP contribution in [0.15, 0.2) is 12.7 Å². The van der Waals surface area contributed by atoms with E-state index in [-0.39, 0.29) is 25.9 Å². The van der Waals surface area contributed by atoms with Gasteiger partial charge in [-0.15, -0.1) is 6.58 Å². The van der Waals surface area contributed by atoms with Gasteiger partial charge < -0.3 is 0 Å². The van der Waals surface area contributed by atoms with Crippen molar-refractivity contribution in [2.24, 2.45) is 11.8 Å². The molecule has 2 radical (unpaired) electrons. The monoisotopic (exact) mass is 560 g/mol. The van der Waals surface area contributed by atoms with Crippen molar-refractivity contribution in [2.75, 3.05) is 0 Å². The molecule has 0 N–H and O–H groups in total. The fourth-order valence-electron chi connectivity index (χ4n) is 3.73. The van der Waals surface area contributed by atoms with Crippen molar-refractivity contribution in [1.29, 1.82) is 0 Å². The van der Waals surface area contributed by atoms with E-state index in [9.17, 15) is 0 Å². The number of hydrogen-bond acceptors (Lipinski definition) is 1. The van der Waals surface area contributed by atoms with Crippen LogP contribution in [0.3, 0.4) is 0 Å².